The highest BCUT2D eigenvalue weighted by atomic mass is 35.5. The molecule has 26 heavy (non-hydrogen) atoms. The molecule has 2 N–H and O–H groups in total. The largest absolute Gasteiger partial charge is 0.352 e. The van der Waals surface area contributed by atoms with E-state index in [2.05, 4.69) is 39.4 Å². The molecule has 3 aromatic rings. The lowest BCUT2D eigenvalue weighted by Gasteiger charge is -2.15. The zero-order valence-corrected chi connectivity index (χ0v) is 15.3. The van der Waals surface area contributed by atoms with Crippen LogP contribution in [0.2, 0.25) is 5.02 Å². The van der Waals surface area contributed by atoms with Gasteiger partial charge in [-0.05, 0) is 43.7 Å². The monoisotopic (exact) mass is 371 g/mol. The van der Waals surface area contributed by atoms with Gasteiger partial charge in [0.25, 0.3) is 0 Å². The van der Waals surface area contributed by atoms with Crippen LogP contribution in [0.3, 0.4) is 0 Å². The normalized spacial score (nSPS) is 11.8. The van der Waals surface area contributed by atoms with Crippen molar-refractivity contribution in [3.63, 3.8) is 0 Å². The molecule has 5 nitrogen and oxygen atoms in total. The minimum Gasteiger partial charge on any atom is -0.352 e. The van der Waals surface area contributed by atoms with Gasteiger partial charge in [0.05, 0.1) is 16.4 Å². The van der Waals surface area contributed by atoms with Crippen LogP contribution in [0.4, 0.5) is 21.8 Å². The Kier molecular flexibility index (Phi) is 5.63. The second-order valence-electron chi connectivity index (χ2n) is 5.90. The zero-order valence-electron chi connectivity index (χ0n) is 14.5. The number of nitrogens with one attached hydrogen (secondary N) is 2. The first-order chi connectivity index (χ1) is 12.5. The number of pyridine rings is 1. The fourth-order valence-corrected chi connectivity index (χ4v) is 2.51. The highest BCUT2D eigenvalue weighted by molar-refractivity contribution is 6.33. The number of hydrogen-bond donors (Lipinski definition) is 2. The number of hydrogen-bond acceptors (Lipinski definition) is 5. The van der Waals surface area contributed by atoms with Crippen LogP contribution in [0.15, 0.2) is 48.8 Å². The Labute approximate surface area is 156 Å². The standard InChI is InChI=1S/C19H19ClFN5/c1-3-12(2)23-19-25-17(13-6-8-22-9-7-13)11-18(26-19)24-16-5-4-14(21)10-15(16)20/h4-12H,3H2,1-2H3,(H2,23,24,25,26)/t12-/m1/s1. The summed E-state index contributed by atoms with van der Waals surface area (Å²) < 4.78 is 13.3. The van der Waals surface area contributed by atoms with Gasteiger partial charge in [-0.3, -0.25) is 4.98 Å². The minimum absolute atomic E-state index is 0.227. The van der Waals surface area contributed by atoms with Crippen LogP contribution in [-0.4, -0.2) is 21.0 Å². The molecule has 1 atom stereocenters. The van der Waals surface area contributed by atoms with Crippen molar-refractivity contribution in [2.24, 2.45) is 0 Å². The lowest BCUT2D eigenvalue weighted by molar-refractivity contribution is 0.628. The topological polar surface area (TPSA) is 62.7 Å². The molecule has 2 aromatic heterocycles. The fraction of sp³-hybridized carbons (Fsp3) is 0.211. The molecule has 0 aliphatic heterocycles. The minimum atomic E-state index is -0.389. The van der Waals surface area contributed by atoms with E-state index in [1.807, 2.05) is 18.2 Å². The Balaban J connectivity index is 1.98. The number of anilines is 3. The van der Waals surface area contributed by atoms with E-state index in [9.17, 15) is 4.39 Å². The van der Waals surface area contributed by atoms with Gasteiger partial charge in [-0.1, -0.05) is 18.5 Å². The maximum absolute atomic E-state index is 13.3. The van der Waals surface area contributed by atoms with Crippen LogP contribution in [-0.2, 0) is 0 Å². The number of benzene rings is 1. The number of rotatable bonds is 6. The molecule has 0 aliphatic carbocycles. The van der Waals surface area contributed by atoms with Crippen LogP contribution in [0.1, 0.15) is 20.3 Å². The van der Waals surface area contributed by atoms with E-state index in [-0.39, 0.29) is 16.9 Å². The second-order valence-corrected chi connectivity index (χ2v) is 6.31. The summed E-state index contributed by atoms with van der Waals surface area (Å²) in [5.41, 5.74) is 2.23. The van der Waals surface area contributed by atoms with E-state index in [0.29, 0.717) is 17.5 Å². The lowest BCUT2D eigenvalue weighted by Crippen LogP contribution is -2.16. The average molecular weight is 372 g/mol. The van der Waals surface area contributed by atoms with Crippen molar-refractivity contribution in [2.75, 3.05) is 10.6 Å². The molecule has 0 saturated heterocycles. The Morgan fingerprint density at radius 3 is 2.58 bits per heavy atom. The molecule has 0 aliphatic rings. The molecule has 0 amide bonds. The molecule has 0 unspecified atom stereocenters. The van der Waals surface area contributed by atoms with E-state index < -0.39 is 0 Å². The van der Waals surface area contributed by atoms with Gasteiger partial charge in [-0.25, -0.2) is 9.37 Å². The van der Waals surface area contributed by atoms with Crippen molar-refractivity contribution in [3.8, 4) is 11.3 Å². The average Bonchev–Trinajstić information content (AvgIpc) is 2.64. The molecular formula is C19H19ClFN5. The summed E-state index contributed by atoms with van der Waals surface area (Å²) in [5, 5.41) is 6.70. The Hall–Kier alpha value is -2.73. The number of halogens is 2. The van der Waals surface area contributed by atoms with Crippen molar-refractivity contribution in [3.05, 3.63) is 59.6 Å². The second kappa shape index (κ2) is 8.10. The zero-order chi connectivity index (χ0) is 18.5. The van der Waals surface area contributed by atoms with E-state index in [1.165, 1.54) is 12.1 Å². The Morgan fingerprint density at radius 2 is 1.88 bits per heavy atom. The third-order valence-corrected chi connectivity index (χ3v) is 4.20. The molecular weight excluding hydrogens is 353 g/mol. The quantitative estimate of drug-likeness (QED) is 0.616. The van der Waals surface area contributed by atoms with Gasteiger partial charge >= 0.3 is 0 Å². The van der Waals surface area contributed by atoms with Crippen molar-refractivity contribution < 1.29 is 4.39 Å². The van der Waals surface area contributed by atoms with Crippen LogP contribution in [0, 0.1) is 5.82 Å². The highest BCUT2D eigenvalue weighted by Gasteiger charge is 2.10. The number of nitrogens with zero attached hydrogens (tertiary/aromatic N) is 3. The summed E-state index contributed by atoms with van der Waals surface area (Å²) in [6.45, 7) is 4.15. The molecule has 1 aromatic carbocycles. The molecule has 7 heteroatoms. The van der Waals surface area contributed by atoms with Gasteiger partial charge in [0.15, 0.2) is 0 Å². The molecule has 0 radical (unpaired) electrons. The van der Waals surface area contributed by atoms with Crippen LogP contribution in [0.5, 0.6) is 0 Å². The predicted octanol–water partition coefficient (Wildman–Crippen LogP) is 5.29. The lowest BCUT2D eigenvalue weighted by atomic mass is 10.2. The molecule has 0 fully saturated rings. The SMILES string of the molecule is CC[C@@H](C)Nc1nc(Nc2ccc(F)cc2Cl)cc(-c2ccncc2)n1. The van der Waals surface area contributed by atoms with Gasteiger partial charge in [-0.15, -0.1) is 0 Å². The molecule has 0 saturated carbocycles. The van der Waals surface area contributed by atoms with E-state index in [4.69, 9.17) is 11.6 Å². The molecule has 0 spiro atoms. The summed E-state index contributed by atoms with van der Waals surface area (Å²) in [7, 11) is 0. The maximum atomic E-state index is 13.3. The Bertz CT molecular complexity index is 888. The van der Waals surface area contributed by atoms with Gasteiger partial charge in [0.2, 0.25) is 5.95 Å². The summed E-state index contributed by atoms with van der Waals surface area (Å²) >= 11 is 6.11. The van der Waals surface area contributed by atoms with E-state index >= 15 is 0 Å². The van der Waals surface area contributed by atoms with Crippen molar-refractivity contribution in [1.29, 1.82) is 0 Å². The third kappa shape index (κ3) is 4.46. The molecule has 2 heterocycles. The fourth-order valence-electron chi connectivity index (χ4n) is 2.30. The van der Waals surface area contributed by atoms with E-state index in [0.717, 1.165) is 17.7 Å². The van der Waals surface area contributed by atoms with Crippen molar-refractivity contribution in [1.82, 2.24) is 15.0 Å². The smallest absolute Gasteiger partial charge is 0.225 e. The third-order valence-electron chi connectivity index (χ3n) is 3.88. The summed E-state index contributed by atoms with van der Waals surface area (Å²) in [4.78, 5) is 13.1. The number of aromatic nitrogens is 3. The predicted molar refractivity (Wildman–Crippen MR) is 103 cm³/mol. The molecule has 0 bridgehead atoms. The van der Waals surface area contributed by atoms with Crippen LogP contribution >= 0.6 is 11.6 Å². The van der Waals surface area contributed by atoms with Gasteiger partial charge in [0, 0.05) is 30.1 Å². The van der Waals surface area contributed by atoms with Gasteiger partial charge in [-0.2, -0.15) is 4.98 Å². The summed E-state index contributed by atoms with van der Waals surface area (Å²) in [6, 6.07) is 9.98. The first-order valence-electron chi connectivity index (χ1n) is 8.33. The maximum Gasteiger partial charge on any atom is 0.225 e. The highest BCUT2D eigenvalue weighted by Crippen LogP contribution is 2.28. The van der Waals surface area contributed by atoms with Crippen molar-refractivity contribution >= 4 is 29.1 Å². The van der Waals surface area contributed by atoms with Crippen LogP contribution < -0.4 is 10.6 Å². The van der Waals surface area contributed by atoms with E-state index in [1.54, 1.807) is 18.5 Å². The molecule has 134 valence electrons. The van der Waals surface area contributed by atoms with Crippen molar-refractivity contribution in [2.45, 2.75) is 26.3 Å². The van der Waals surface area contributed by atoms with Gasteiger partial charge in [0.1, 0.15) is 11.6 Å². The Morgan fingerprint density at radius 1 is 1.12 bits per heavy atom. The first kappa shape index (κ1) is 18.1. The summed E-state index contributed by atoms with van der Waals surface area (Å²) in [5.74, 6) is 0.681. The summed E-state index contributed by atoms with van der Waals surface area (Å²) in [6.07, 6.45) is 4.36. The molecule has 3 rings (SSSR count). The van der Waals surface area contributed by atoms with Gasteiger partial charge < -0.3 is 10.6 Å². The first-order valence-corrected chi connectivity index (χ1v) is 8.71. The van der Waals surface area contributed by atoms with Crippen LogP contribution in [0.25, 0.3) is 11.3 Å².